The van der Waals surface area contributed by atoms with Gasteiger partial charge in [-0.15, -0.1) is 0 Å². The Bertz CT molecular complexity index is 187. The molecule has 0 radical (unpaired) electrons. The number of carbonyl (C=O) groups excluding carboxylic acids is 1. The van der Waals surface area contributed by atoms with Gasteiger partial charge in [-0.25, -0.2) is 0 Å². The van der Waals surface area contributed by atoms with Gasteiger partial charge in [0.25, 0.3) is 0 Å². The first-order chi connectivity index (χ1) is 4.29. The molecular formula is C6H8N2O. The van der Waals surface area contributed by atoms with Crippen molar-refractivity contribution in [3.05, 3.63) is 0 Å². The minimum Gasteiger partial charge on any atom is -0.306 e. The Morgan fingerprint density at radius 3 is 3.33 bits per heavy atom. The number of hydrogen-bond donors (Lipinski definition) is 0. The molecule has 1 heterocycles. The van der Waals surface area contributed by atoms with E-state index in [-0.39, 0.29) is 11.8 Å². The lowest BCUT2D eigenvalue weighted by atomic mass is 10.3. The predicted octanol–water partition coefficient (Wildman–Crippen LogP) is -0.125. The lowest BCUT2D eigenvalue weighted by Gasteiger charge is -2.13. The molecule has 0 spiro atoms. The maximum absolute atomic E-state index is 11.0. The number of carbonyl (C=O) groups is 1. The summed E-state index contributed by atoms with van der Waals surface area (Å²) >= 11 is 0. The highest BCUT2D eigenvalue weighted by molar-refractivity contribution is 5.93. The second kappa shape index (κ2) is 1.35. The molecule has 0 aromatic carbocycles. The van der Waals surface area contributed by atoms with Crippen LogP contribution in [0.3, 0.4) is 0 Å². The fraction of sp³-hybridized carbons (Fsp3) is 0.667. The summed E-state index contributed by atoms with van der Waals surface area (Å²) in [5, 5.41) is 0. The number of hydrogen-bond acceptors (Lipinski definition) is 2. The van der Waals surface area contributed by atoms with Crippen molar-refractivity contribution in [2.45, 2.75) is 12.5 Å². The fourth-order valence-electron chi connectivity index (χ4n) is 1.12. The Morgan fingerprint density at radius 1 is 1.89 bits per heavy atom. The summed E-state index contributed by atoms with van der Waals surface area (Å²) in [4.78, 5) is 16.7. The maximum atomic E-state index is 11.0. The Hall–Kier alpha value is -0.860. The average Bonchev–Trinajstić information content (AvgIpc) is 2.58. The van der Waals surface area contributed by atoms with Crippen molar-refractivity contribution in [2.75, 3.05) is 7.05 Å². The second-order valence-corrected chi connectivity index (χ2v) is 2.62. The smallest absolute Gasteiger partial charge is 0.232 e. The van der Waals surface area contributed by atoms with Crippen LogP contribution in [0.5, 0.6) is 0 Å². The van der Waals surface area contributed by atoms with Crippen LogP contribution in [-0.4, -0.2) is 30.2 Å². The first-order valence-electron chi connectivity index (χ1n) is 3.09. The molecule has 1 aliphatic carbocycles. The minimum absolute atomic E-state index is 0.231. The quantitative estimate of drug-likeness (QED) is 0.443. The molecule has 2 rings (SSSR count). The summed E-state index contributed by atoms with van der Waals surface area (Å²) in [5.74, 6) is 0.468. The van der Waals surface area contributed by atoms with E-state index in [1.807, 2.05) is 0 Å². The van der Waals surface area contributed by atoms with Crippen molar-refractivity contribution >= 4 is 12.2 Å². The van der Waals surface area contributed by atoms with Crippen molar-refractivity contribution in [1.82, 2.24) is 4.90 Å². The van der Waals surface area contributed by atoms with Crippen LogP contribution in [0, 0.1) is 5.92 Å². The number of amides is 1. The molecule has 0 saturated heterocycles. The average molecular weight is 124 g/mol. The van der Waals surface area contributed by atoms with Gasteiger partial charge in [0.15, 0.2) is 0 Å². The summed E-state index contributed by atoms with van der Waals surface area (Å²) in [5.41, 5.74) is 0. The zero-order valence-corrected chi connectivity index (χ0v) is 5.24. The molecule has 2 aliphatic rings. The Kier molecular flexibility index (Phi) is 0.743. The highest BCUT2D eigenvalue weighted by Gasteiger charge is 2.46. The zero-order valence-electron chi connectivity index (χ0n) is 5.24. The Morgan fingerprint density at radius 2 is 2.67 bits per heavy atom. The van der Waals surface area contributed by atoms with Crippen LogP contribution in [0.4, 0.5) is 0 Å². The van der Waals surface area contributed by atoms with Crippen LogP contribution in [0.2, 0.25) is 0 Å². The van der Waals surface area contributed by atoms with Gasteiger partial charge in [-0.2, -0.15) is 0 Å². The minimum atomic E-state index is 0.231. The molecule has 48 valence electrons. The monoisotopic (exact) mass is 124 g/mol. The van der Waals surface area contributed by atoms with Crippen molar-refractivity contribution < 1.29 is 4.79 Å². The third-order valence-electron chi connectivity index (χ3n) is 1.85. The van der Waals surface area contributed by atoms with Crippen molar-refractivity contribution in [1.29, 1.82) is 0 Å². The largest absolute Gasteiger partial charge is 0.306 e. The summed E-state index contributed by atoms with van der Waals surface area (Å²) < 4.78 is 0. The molecule has 1 saturated carbocycles. The topological polar surface area (TPSA) is 32.7 Å². The van der Waals surface area contributed by atoms with Crippen molar-refractivity contribution in [3.63, 3.8) is 0 Å². The van der Waals surface area contributed by atoms with E-state index in [1.165, 1.54) is 0 Å². The number of nitrogens with zero attached hydrogens (tertiary/aromatic N) is 2. The predicted molar refractivity (Wildman–Crippen MR) is 33.2 cm³/mol. The zero-order chi connectivity index (χ0) is 6.43. The number of rotatable bonds is 0. The maximum Gasteiger partial charge on any atom is 0.232 e. The molecule has 1 fully saturated rings. The van der Waals surface area contributed by atoms with Crippen LogP contribution in [0.15, 0.2) is 4.99 Å². The molecule has 2 atom stereocenters. The Balaban J connectivity index is 2.26. The molecule has 0 aromatic rings. The van der Waals surface area contributed by atoms with E-state index in [4.69, 9.17) is 0 Å². The van der Waals surface area contributed by atoms with Crippen LogP contribution >= 0.6 is 0 Å². The van der Waals surface area contributed by atoms with Gasteiger partial charge in [-0.1, -0.05) is 0 Å². The van der Waals surface area contributed by atoms with Crippen molar-refractivity contribution in [3.8, 4) is 0 Å². The van der Waals surface area contributed by atoms with Crippen LogP contribution in [-0.2, 0) is 4.79 Å². The highest BCUT2D eigenvalue weighted by Crippen LogP contribution is 2.36. The highest BCUT2D eigenvalue weighted by atomic mass is 16.2. The molecular weight excluding hydrogens is 116 g/mol. The molecule has 1 amide bonds. The van der Waals surface area contributed by atoms with Crippen LogP contribution < -0.4 is 0 Å². The van der Waals surface area contributed by atoms with E-state index in [0.717, 1.165) is 6.42 Å². The third-order valence-corrected chi connectivity index (χ3v) is 1.85. The third kappa shape index (κ3) is 0.573. The van der Waals surface area contributed by atoms with Gasteiger partial charge < -0.3 is 4.90 Å². The molecule has 0 aromatic heterocycles. The van der Waals surface area contributed by atoms with Crippen molar-refractivity contribution in [2.24, 2.45) is 10.9 Å². The molecule has 0 bridgehead atoms. The van der Waals surface area contributed by atoms with Gasteiger partial charge >= 0.3 is 0 Å². The van der Waals surface area contributed by atoms with E-state index in [9.17, 15) is 4.79 Å². The van der Waals surface area contributed by atoms with Gasteiger partial charge in [0.05, 0.1) is 18.3 Å². The van der Waals surface area contributed by atoms with E-state index >= 15 is 0 Å². The molecule has 2 unspecified atom stereocenters. The lowest BCUT2D eigenvalue weighted by Crippen LogP contribution is -2.30. The summed E-state index contributed by atoms with van der Waals surface area (Å²) in [6.07, 6.45) is 2.59. The molecule has 9 heavy (non-hydrogen) atoms. The van der Waals surface area contributed by atoms with E-state index in [2.05, 4.69) is 4.99 Å². The molecule has 0 N–H and O–H groups in total. The van der Waals surface area contributed by atoms with Gasteiger partial charge in [0.1, 0.15) is 0 Å². The number of aliphatic imine (C=N–C) groups is 1. The van der Waals surface area contributed by atoms with E-state index < -0.39 is 0 Å². The van der Waals surface area contributed by atoms with Crippen LogP contribution in [0.1, 0.15) is 6.42 Å². The molecule has 3 heteroatoms. The second-order valence-electron chi connectivity index (χ2n) is 2.62. The molecule has 1 aliphatic heterocycles. The summed E-state index contributed by atoms with van der Waals surface area (Å²) in [7, 11) is 1.75. The first kappa shape index (κ1) is 4.97. The standard InChI is InChI=1S/C6H8N2O/c1-8-3-7-5-2-4(5)6(8)9/h3-5H,2H2,1H3. The van der Waals surface area contributed by atoms with Gasteiger partial charge in [-0.05, 0) is 6.42 Å². The van der Waals surface area contributed by atoms with Crippen LogP contribution in [0.25, 0.3) is 0 Å². The van der Waals surface area contributed by atoms with E-state index in [0.29, 0.717) is 6.04 Å². The van der Waals surface area contributed by atoms with Gasteiger partial charge in [0.2, 0.25) is 5.91 Å². The van der Waals surface area contributed by atoms with E-state index in [1.54, 1.807) is 18.3 Å². The molecule has 3 nitrogen and oxygen atoms in total. The number of fused-ring (bicyclic) bond motifs is 1. The van der Waals surface area contributed by atoms with Gasteiger partial charge in [0, 0.05) is 7.05 Å². The Labute approximate surface area is 53.4 Å². The SMILES string of the molecule is CN1C=NC2CC2C1=O. The summed E-state index contributed by atoms with van der Waals surface area (Å²) in [6.45, 7) is 0. The first-order valence-corrected chi connectivity index (χ1v) is 3.09. The normalized spacial score (nSPS) is 38.8. The fourth-order valence-corrected chi connectivity index (χ4v) is 1.12. The van der Waals surface area contributed by atoms with Gasteiger partial charge in [-0.3, -0.25) is 9.79 Å². The summed E-state index contributed by atoms with van der Waals surface area (Å²) in [6, 6.07) is 0.341. The lowest BCUT2D eigenvalue weighted by molar-refractivity contribution is -0.127.